The standard InChI is InChI=1S/C28H35N5O2/c1-31(2)28-29-13-11-26(30-28)33-16-12-21-19-23(34)9-10-25(21)27(33)22-7-6-8-24(20-22)35-18-17-32-14-4-3-5-15-32/h6-11,13,19-20,27,34H,3-5,12,14-18H2,1-2H3. The number of phenolic OH excluding ortho intramolecular Hbond substituents is 1. The van der Waals surface area contributed by atoms with Crippen LogP contribution < -0.4 is 14.5 Å². The Hall–Kier alpha value is -3.32. The molecule has 1 N–H and O–H groups in total. The van der Waals surface area contributed by atoms with Gasteiger partial charge in [0, 0.05) is 33.4 Å². The highest BCUT2D eigenvalue weighted by atomic mass is 16.5. The Kier molecular flexibility index (Phi) is 7.04. The normalized spacial score (nSPS) is 18.2. The van der Waals surface area contributed by atoms with Crippen LogP contribution in [0.2, 0.25) is 0 Å². The first-order valence-corrected chi connectivity index (χ1v) is 12.6. The van der Waals surface area contributed by atoms with Crippen molar-refractivity contribution >= 4 is 11.8 Å². The van der Waals surface area contributed by atoms with Crippen LogP contribution >= 0.6 is 0 Å². The molecule has 0 bridgehead atoms. The monoisotopic (exact) mass is 473 g/mol. The second kappa shape index (κ2) is 10.5. The van der Waals surface area contributed by atoms with Crippen molar-refractivity contribution in [2.75, 3.05) is 56.7 Å². The van der Waals surface area contributed by atoms with Crippen LogP contribution in [-0.2, 0) is 6.42 Å². The maximum atomic E-state index is 10.1. The van der Waals surface area contributed by atoms with Gasteiger partial charge in [-0.3, -0.25) is 4.90 Å². The quantitative estimate of drug-likeness (QED) is 0.550. The first kappa shape index (κ1) is 23.4. The van der Waals surface area contributed by atoms with Gasteiger partial charge in [0.25, 0.3) is 0 Å². The molecule has 2 aliphatic rings. The summed E-state index contributed by atoms with van der Waals surface area (Å²) in [5.41, 5.74) is 3.51. The molecule has 1 aromatic heterocycles. The van der Waals surface area contributed by atoms with Gasteiger partial charge in [-0.05, 0) is 79.4 Å². The van der Waals surface area contributed by atoms with E-state index in [0.717, 1.165) is 36.6 Å². The topological polar surface area (TPSA) is 65.0 Å². The van der Waals surface area contributed by atoms with Crippen molar-refractivity contribution in [3.8, 4) is 11.5 Å². The van der Waals surface area contributed by atoms with E-state index in [1.165, 1.54) is 43.5 Å². The van der Waals surface area contributed by atoms with Crippen molar-refractivity contribution in [3.63, 3.8) is 0 Å². The molecule has 1 atom stereocenters. The molecule has 0 spiro atoms. The number of piperidine rings is 1. The lowest BCUT2D eigenvalue weighted by Crippen LogP contribution is -2.37. The van der Waals surface area contributed by atoms with Crippen molar-refractivity contribution < 1.29 is 9.84 Å². The van der Waals surface area contributed by atoms with E-state index in [2.05, 4.69) is 33.0 Å². The van der Waals surface area contributed by atoms with Crippen LogP contribution in [-0.4, -0.2) is 66.9 Å². The molecule has 0 radical (unpaired) electrons. The molecule has 7 nitrogen and oxygen atoms in total. The number of aromatic nitrogens is 2. The summed E-state index contributed by atoms with van der Waals surface area (Å²) in [6.07, 6.45) is 6.59. The van der Waals surface area contributed by atoms with Crippen molar-refractivity contribution in [1.82, 2.24) is 14.9 Å². The lowest BCUT2D eigenvalue weighted by atomic mass is 9.88. The molecule has 184 valence electrons. The van der Waals surface area contributed by atoms with Gasteiger partial charge in [0.1, 0.15) is 23.9 Å². The van der Waals surface area contributed by atoms with Gasteiger partial charge in [0.2, 0.25) is 5.95 Å². The predicted molar refractivity (Wildman–Crippen MR) is 140 cm³/mol. The number of ether oxygens (including phenoxy) is 1. The summed E-state index contributed by atoms with van der Waals surface area (Å²) >= 11 is 0. The van der Waals surface area contributed by atoms with Crippen molar-refractivity contribution in [2.45, 2.75) is 31.7 Å². The Labute approximate surface area is 208 Å². The van der Waals surface area contributed by atoms with Gasteiger partial charge in [-0.1, -0.05) is 24.6 Å². The maximum absolute atomic E-state index is 10.1. The Morgan fingerprint density at radius 3 is 2.71 bits per heavy atom. The molecule has 0 aliphatic carbocycles. The Bertz CT molecular complexity index is 1150. The second-order valence-electron chi connectivity index (χ2n) is 9.66. The summed E-state index contributed by atoms with van der Waals surface area (Å²) in [6, 6.07) is 16.1. The molecular weight excluding hydrogens is 438 g/mol. The second-order valence-corrected chi connectivity index (χ2v) is 9.66. The van der Waals surface area contributed by atoms with Gasteiger partial charge >= 0.3 is 0 Å². The number of phenols is 1. The van der Waals surface area contributed by atoms with Gasteiger partial charge in [-0.25, -0.2) is 4.98 Å². The highest BCUT2D eigenvalue weighted by Gasteiger charge is 2.30. The van der Waals surface area contributed by atoms with Gasteiger partial charge in [-0.2, -0.15) is 4.98 Å². The third-order valence-corrected chi connectivity index (χ3v) is 6.98. The largest absolute Gasteiger partial charge is 0.508 e. The Balaban J connectivity index is 1.43. The van der Waals surface area contributed by atoms with Crippen molar-refractivity contribution in [1.29, 1.82) is 0 Å². The van der Waals surface area contributed by atoms with Gasteiger partial charge in [-0.15, -0.1) is 0 Å². The van der Waals surface area contributed by atoms with E-state index in [1.807, 2.05) is 49.5 Å². The lowest BCUT2D eigenvalue weighted by molar-refractivity contribution is 0.183. The number of likely N-dealkylation sites (tertiary alicyclic amines) is 1. The number of aromatic hydroxyl groups is 1. The average Bonchev–Trinajstić information content (AvgIpc) is 2.89. The zero-order valence-electron chi connectivity index (χ0n) is 20.7. The minimum Gasteiger partial charge on any atom is -0.508 e. The fourth-order valence-electron chi connectivity index (χ4n) is 5.18. The van der Waals surface area contributed by atoms with Crippen LogP contribution in [0.15, 0.2) is 54.7 Å². The molecule has 7 heteroatoms. The summed E-state index contributed by atoms with van der Waals surface area (Å²) in [5.74, 6) is 2.78. The van der Waals surface area contributed by atoms with E-state index >= 15 is 0 Å². The number of rotatable bonds is 7. The molecule has 2 aromatic carbocycles. The Morgan fingerprint density at radius 2 is 1.89 bits per heavy atom. The minimum atomic E-state index is -0.0325. The molecular formula is C28H35N5O2. The number of hydrogen-bond acceptors (Lipinski definition) is 7. The number of nitrogens with zero attached hydrogens (tertiary/aromatic N) is 5. The number of anilines is 2. The van der Waals surface area contributed by atoms with E-state index in [9.17, 15) is 5.11 Å². The van der Waals surface area contributed by atoms with E-state index in [-0.39, 0.29) is 6.04 Å². The molecule has 35 heavy (non-hydrogen) atoms. The lowest BCUT2D eigenvalue weighted by Gasteiger charge is -2.39. The molecule has 0 amide bonds. The molecule has 1 unspecified atom stereocenters. The number of benzene rings is 2. The fraction of sp³-hybridized carbons (Fsp3) is 0.429. The van der Waals surface area contributed by atoms with E-state index in [1.54, 1.807) is 6.07 Å². The highest BCUT2D eigenvalue weighted by Crippen LogP contribution is 2.39. The first-order valence-electron chi connectivity index (χ1n) is 12.6. The summed E-state index contributed by atoms with van der Waals surface area (Å²) in [4.78, 5) is 16.0. The fourth-order valence-corrected chi connectivity index (χ4v) is 5.18. The third-order valence-electron chi connectivity index (χ3n) is 6.98. The molecule has 1 fully saturated rings. The van der Waals surface area contributed by atoms with E-state index in [4.69, 9.17) is 9.72 Å². The molecule has 2 aliphatic heterocycles. The van der Waals surface area contributed by atoms with E-state index in [0.29, 0.717) is 18.3 Å². The maximum Gasteiger partial charge on any atom is 0.226 e. The van der Waals surface area contributed by atoms with Crippen LogP contribution in [0.5, 0.6) is 11.5 Å². The third kappa shape index (κ3) is 5.35. The SMILES string of the molecule is CN(C)c1nccc(N2CCc3cc(O)ccc3C2c2cccc(OCCN3CCCCC3)c2)n1. The van der Waals surface area contributed by atoms with Crippen LogP contribution in [0, 0.1) is 0 Å². The summed E-state index contributed by atoms with van der Waals surface area (Å²) in [7, 11) is 3.91. The Morgan fingerprint density at radius 1 is 1.03 bits per heavy atom. The molecule has 5 rings (SSSR count). The number of fused-ring (bicyclic) bond motifs is 1. The smallest absolute Gasteiger partial charge is 0.226 e. The van der Waals surface area contributed by atoms with Crippen molar-refractivity contribution in [2.24, 2.45) is 0 Å². The minimum absolute atomic E-state index is 0.0325. The zero-order valence-corrected chi connectivity index (χ0v) is 20.7. The summed E-state index contributed by atoms with van der Waals surface area (Å²) < 4.78 is 6.21. The predicted octanol–water partition coefficient (Wildman–Crippen LogP) is 4.27. The molecule has 3 aromatic rings. The molecule has 1 saturated heterocycles. The first-order chi connectivity index (χ1) is 17.1. The zero-order chi connectivity index (χ0) is 24.2. The summed E-state index contributed by atoms with van der Waals surface area (Å²) in [6.45, 7) is 4.82. The summed E-state index contributed by atoms with van der Waals surface area (Å²) in [5, 5.41) is 10.1. The van der Waals surface area contributed by atoms with Crippen LogP contribution in [0.25, 0.3) is 0 Å². The average molecular weight is 474 g/mol. The molecule has 3 heterocycles. The van der Waals surface area contributed by atoms with Gasteiger partial charge < -0.3 is 19.6 Å². The van der Waals surface area contributed by atoms with Crippen LogP contribution in [0.4, 0.5) is 11.8 Å². The number of hydrogen-bond donors (Lipinski definition) is 1. The van der Waals surface area contributed by atoms with Crippen LogP contribution in [0.1, 0.15) is 42.0 Å². The van der Waals surface area contributed by atoms with Gasteiger partial charge in [0.15, 0.2) is 0 Å². The van der Waals surface area contributed by atoms with Crippen LogP contribution in [0.3, 0.4) is 0 Å². The van der Waals surface area contributed by atoms with Gasteiger partial charge in [0.05, 0.1) is 6.04 Å². The van der Waals surface area contributed by atoms with E-state index < -0.39 is 0 Å². The highest BCUT2D eigenvalue weighted by molar-refractivity contribution is 5.55. The molecule has 0 saturated carbocycles. The van der Waals surface area contributed by atoms with Crippen molar-refractivity contribution in [3.05, 3.63) is 71.4 Å².